The summed E-state index contributed by atoms with van der Waals surface area (Å²) in [6.45, 7) is 6.29. The smallest absolute Gasteiger partial charge is 0.341 e. The summed E-state index contributed by atoms with van der Waals surface area (Å²) in [5.74, 6) is -0.270. The molecular formula is C19H21NO2S. The summed E-state index contributed by atoms with van der Waals surface area (Å²) in [5, 5.41) is 0.779. The third-order valence-corrected chi connectivity index (χ3v) is 5.54. The Hall–Kier alpha value is -1.94. The molecule has 0 spiro atoms. The molecule has 0 bridgehead atoms. The van der Waals surface area contributed by atoms with Gasteiger partial charge < -0.3 is 4.74 Å². The van der Waals surface area contributed by atoms with Gasteiger partial charge in [0.2, 0.25) is 0 Å². The second-order valence-electron chi connectivity index (χ2n) is 6.10. The maximum Gasteiger partial charge on any atom is 0.341 e. The number of rotatable bonds is 3. The molecule has 3 nitrogen and oxygen atoms in total. The van der Waals surface area contributed by atoms with E-state index < -0.39 is 0 Å². The number of nitrogens with zero attached hydrogens (tertiary/aromatic N) is 1. The van der Waals surface area contributed by atoms with E-state index in [1.165, 1.54) is 28.7 Å². The Bertz CT molecular complexity index is 779. The lowest BCUT2D eigenvalue weighted by Gasteiger charge is -2.06. The molecule has 1 aromatic carbocycles. The Morgan fingerprint density at radius 3 is 2.57 bits per heavy atom. The fraction of sp³-hybridized carbons (Fsp3) is 0.368. The van der Waals surface area contributed by atoms with Crippen molar-refractivity contribution in [1.29, 1.82) is 0 Å². The van der Waals surface area contributed by atoms with Crippen molar-refractivity contribution in [1.82, 2.24) is 0 Å². The number of esters is 1. The number of carbonyl (C=O) groups excluding carboxylic acids is 1. The average molecular weight is 327 g/mol. The van der Waals surface area contributed by atoms with Crippen LogP contribution in [0.2, 0.25) is 0 Å². The summed E-state index contributed by atoms with van der Waals surface area (Å²) in [4.78, 5) is 18.1. The molecule has 0 aliphatic heterocycles. The first-order valence-corrected chi connectivity index (χ1v) is 8.67. The molecule has 0 radical (unpaired) electrons. The SMILES string of the molecule is COC(=O)c1c(N=Cc2c(C)cc(C)cc2C)sc2c1CCC2. The lowest BCUT2D eigenvalue weighted by atomic mass is 10.0. The van der Waals surface area contributed by atoms with Gasteiger partial charge in [0.1, 0.15) is 5.00 Å². The minimum atomic E-state index is -0.270. The first kappa shape index (κ1) is 15.9. The van der Waals surface area contributed by atoms with E-state index in [4.69, 9.17) is 4.74 Å². The summed E-state index contributed by atoms with van der Waals surface area (Å²) in [6, 6.07) is 4.31. The van der Waals surface area contributed by atoms with Gasteiger partial charge in [-0.15, -0.1) is 11.3 Å². The molecule has 3 rings (SSSR count). The highest BCUT2D eigenvalue weighted by Crippen LogP contribution is 2.41. The molecule has 0 N–H and O–H groups in total. The van der Waals surface area contributed by atoms with Crippen molar-refractivity contribution in [3.8, 4) is 0 Å². The molecule has 2 aromatic rings. The van der Waals surface area contributed by atoms with E-state index in [9.17, 15) is 4.79 Å². The number of thiophene rings is 1. The summed E-state index contributed by atoms with van der Waals surface area (Å²) < 4.78 is 4.97. The van der Waals surface area contributed by atoms with Crippen molar-refractivity contribution in [2.24, 2.45) is 4.99 Å². The van der Waals surface area contributed by atoms with E-state index in [0.29, 0.717) is 5.56 Å². The van der Waals surface area contributed by atoms with Gasteiger partial charge in [0.05, 0.1) is 12.7 Å². The lowest BCUT2D eigenvalue weighted by Crippen LogP contribution is -2.03. The average Bonchev–Trinajstić information content (AvgIpc) is 3.05. The van der Waals surface area contributed by atoms with E-state index in [-0.39, 0.29) is 5.97 Å². The van der Waals surface area contributed by atoms with Crippen LogP contribution in [0.3, 0.4) is 0 Å². The molecule has 120 valence electrons. The van der Waals surface area contributed by atoms with Crippen LogP contribution in [0, 0.1) is 20.8 Å². The van der Waals surface area contributed by atoms with E-state index in [1.807, 2.05) is 6.21 Å². The Labute approximate surface area is 141 Å². The van der Waals surface area contributed by atoms with Crippen LogP contribution in [-0.2, 0) is 17.6 Å². The fourth-order valence-corrected chi connectivity index (χ4v) is 4.53. The first-order valence-electron chi connectivity index (χ1n) is 7.86. The molecule has 4 heteroatoms. The van der Waals surface area contributed by atoms with Gasteiger partial charge in [-0.2, -0.15) is 0 Å². The molecule has 0 fully saturated rings. The van der Waals surface area contributed by atoms with Gasteiger partial charge in [-0.3, -0.25) is 0 Å². The molecule has 1 heterocycles. The topological polar surface area (TPSA) is 38.7 Å². The lowest BCUT2D eigenvalue weighted by molar-refractivity contribution is 0.0601. The summed E-state index contributed by atoms with van der Waals surface area (Å²) >= 11 is 1.63. The Morgan fingerprint density at radius 2 is 1.91 bits per heavy atom. The van der Waals surface area contributed by atoms with Crippen LogP contribution in [0.5, 0.6) is 0 Å². The van der Waals surface area contributed by atoms with Crippen LogP contribution in [-0.4, -0.2) is 19.3 Å². The van der Waals surface area contributed by atoms with Gasteiger partial charge >= 0.3 is 5.97 Å². The third kappa shape index (κ3) is 2.95. The predicted molar refractivity (Wildman–Crippen MR) is 95.6 cm³/mol. The van der Waals surface area contributed by atoms with Crippen molar-refractivity contribution in [3.63, 3.8) is 0 Å². The molecule has 0 saturated heterocycles. The summed E-state index contributed by atoms with van der Waals surface area (Å²) in [6.07, 6.45) is 5.00. The second-order valence-corrected chi connectivity index (χ2v) is 7.18. The first-order chi connectivity index (χ1) is 11.0. The van der Waals surface area contributed by atoms with Crippen LogP contribution in [0.1, 0.15) is 49.5 Å². The summed E-state index contributed by atoms with van der Waals surface area (Å²) in [7, 11) is 1.43. The quantitative estimate of drug-likeness (QED) is 0.605. The third-order valence-electron chi connectivity index (χ3n) is 4.34. The van der Waals surface area contributed by atoms with Crippen molar-refractivity contribution >= 4 is 28.5 Å². The van der Waals surface area contributed by atoms with Crippen LogP contribution in [0.4, 0.5) is 5.00 Å². The van der Waals surface area contributed by atoms with Crippen molar-refractivity contribution in [2.45, 2.75) is 40.0 Å². The number of ether oxygens (including phenoxy) is 1. The van der Waals surface area contributed by atoms with Crippen LogP contribution in [0.15, 0.2) is 17.1 Å². The number of benzene rings is 1. The molecular weight excluding hydrogens is 306 g/mol. The normalized spacial score (nSPS) is 13.6. The largest absolute Gasteiger partial charge is 0.465 e. The molecule has 1 aromatic heterocycles. The molecule has 0 atom stereocenters. The fourth-order valence-electron chi connectivity index (χ4n) is 3.31. The van der Waals surface area contributed by atoms with Crippen molar-refractivity contribution in [2.75, 3.05) is 7.11 Å². The highest BCUT2D eigenvalue weighted by molar-refractivity contribution is 7.16. The number of carbonyl (C=O) groups is 1. The monoisotopic (exact) mass is 327 g/mol. The van der Waals surface area contributed by atoms with Gasteiger partial charge in [0, 0.05) is 11.1 Å². The molecule has 1 aliphatic carbocycles. The molecule has 23 heavy (non-hydrogen) atoms. The minimum Gasteiger partial charge on any atom is -0.465 e. The van der Waals surface area contributed by atoms with Gasteiger partial charge in [0.15, 0.2) is 0 Å². The Balaban J connectivity index is 2.03. The zero-order chi connectivity index (χ0) is 16.6. The van der Waals surface area contributed by atoms with Gasteiger partial charge in [0.25, 0.3) is 0 Å². The molecule has 0 amide bonds. The molecule has 1 aliphatic rings. The van der Waals surface area contributed by atoms with E-state index >= 15 is 0 Å². The maximum atomic E-state index is 12.2. The van der Waals surface area contributed by atoms with Gasteiger partial charge in [-0.05, 0) is 62.3 Å². The van der Waals surface area contributed by atoms with Crippen LogP contribution in [0.25, 0.3) is 0 Å². The van der Waals surface area contributed by atoms with Crippen LogP contribution < -0.4 is 0 Å². The number of aliphatic imine (C=N–C) groups is 1. The minimum absolute atomic E-state index is 0.270. The Morgan fingerprint density at radius 1 is 1.22 bits per heavy atom. The number of aryl methyl sites for hydroxylation is 4. The number of hydrogen-bond donors (Lipinski definition) is 0. The van der Waals surface area contributed by atoms with Crippen LogP contribution >= 0.6 is 11.3 Å². The number of hydrogen-bond acceptors (Lipinski definition) is 4. The highest BCUT2D eigenvalue weighted by atomic mass is 32.1. The maximum absolute atomic E-state index is 12.2. The summed E-state index contributed by atoms with van der Waals surface area (Å²) in [5.41, 5.74) is 6.60. The zero-order valence-corrected chi connectivity index (χ0v) is 14.8. The number of fused-ring (bicyclic) bond motifs is 1. The van der Waals surface area contributed by atoms with Gasteiger partial charge in [-0.25, -0.2) is 9.79 Å². The van der Waals surface area contributed by atoms with E-state index in [2.05, 4.69) is 37.9 Å². The highest BCUT2D eigenvalue weighted by Gasteiger charge is 2.26. The predicted octanol–water partition coefficient (Wildman–Crippen LogP) is 4.70. The second kappa shape index (κ2) is 6.28. The molecule has 0 unspecified atom stereocenters. The number of methoxy groups -OCH3 is 1. The Kier molecular flexibility index (Phi) is 4.35. The van der Waals surface area contributed by atoms with E-state index in [1.54, 1.807) is 11.3 Å². The van der Waals surface area contributed by atoms with Gasteiger partial charge in [-0.1, -0.05) is 17.7 Å². The van der Waals surface area contributed by atoms with E-state index in [0.717, 1.165) is 35.4 Å². The van der Waals surface area contributed by atoms with Crippen molar-refractivity contribution < 1.29 is 9.53 Å². The molecule has 0 saturated carbocycles. The zero-order valence-electron chi connectivity index (χ0n) is 14.0. The standard InChI is InChI=1S/C19H21NO2S/c1-11-8-12(2)15(13(3)9-11)10-20-18-17(19(21)22-4)14-6-5-7-16(14)23-18/h8-10H,5-7H2,1-4H3. The van der Waals surface area contributed by atoms with Crippen molar-refractivity contribution in [3.05, 3.63) is 50.4 Å².